The molecule has 38 heavy (non-hydrogen) atoms. The van der Waals surface area contributed by atoms with Crippen LogP contribution < -0.4 is 5.69 Å². The number of hydrogen-bond donors (Lipinski definition) is 0. The van der Waals surface area contributed by atoms with Crippen molar-refractivity contribution < 1.29 is 27.6 Å². The number of alkyl halides is 3. The van der Waals surface area contributed by atoms with Crippen LogP contribution in [0.25, 0.3) is 17.1 Å². The second-order valence-electron chi connectivity index (χ2n) is 7.79. The number of para-hydroxylation sites is 2. The SMILES string of the molecule is COC(=O)c1nc(Cn2nc(-c3ccc(Cl)cc3)n(CCC(F)(F)F)c2=O)nn1-c1ccccc1[N+](=O)[O-]. The molecule has 0 spiro atoms. The highest BCUT2D eigenvalue weighted by molar-refractivity contribution is 6.30. The maximum absolute atomic E-state index is 13.1. The van der Waals surface area contributed by atoms with Gasteiger partial charge in [-0.1, -0.05) is 23.7 Å². The Balaban J connectivity index is 1.79. The summed E-state index contributed by atoms with van der Waals surface area (Å²) < 4.78 is 46.1. The topological polar surface area (TPSA) is 140 Å². The molecule has 198 valence electrons. The third-order valence-electron chi connectivity index (χ3n) is 5.26. The van der Waals surface area contributed by atoms with Gasteiger partial charge < -0.3 is 4.74 Å². The average Bonchev–Trinajstić information content (AvgIpc) is 3.43. The first kappa shape index (κ1) is 26.5. The quantitative estimate of drug-likeness (QED) is 0.184. The zero-order chi connectivity index (χ0) is 27.6. The predicted molar refractivity (Wildman–Crippen MR) is 126 cm³/mol. The van der Waals surface area contributed by atoms with E-state index in [1.165, 1.54) is 48.5 Å². The minimum atomic E-state index is -4.53. The van der Waals surface area contributed by atoms with E-state index in [-0.39, 0.29) is 23.0 Å². The minimum Gasteiger partial charge on any atom is -0.463 e. The first-order valence-corrected chi connectivity index (χ1v) is 11.1. The van der Waals surface area contributed by atoms with Gasteiger partial charge >= 0.3 is 17.8 Å². The molecule has 0 saturated heterocycles. The molecule has 0 unspecified atom stereocenters. The van der Waals surface area contributed by atoms with Crippen molar-refractivity contribution in [3.63, 3.8) is 0 Å². The third kappa shape index (κ3) is 5.56. The van der Waals surface area contributed by atoms with Crippen molar-refractivity contribution in [1.29, 1.82) is 0 Å². The number of nitrogens with zero attached hydrogens (tertiary/aromatic N) is 7. The number of benzene rings is 2. The monoisotopic (exact) mass is 551 g/mol. The molecule has 0 aliphatic carbocycles. The summed E-state index contributed by atoms with van der Waals surface area (Å²) in [5.74, 6) is -1.61. The lowest BCUT2D eigenvalue weighted by Gasteiger charge is -2.08. The Bertz CT molecular complexity index is 1560. The van der Waals surface area contributed by atoms with Crippen LogP contribution in [0.15, 0.2) is 53.3 Å². The fourth-order valence-corrected chi connectivity index (χ4v) is 3.67. The van der Waals surface area contributed by atoms with Crippen molar-refractivity contribution in [2.75, 3.05) is 7.11 Å². The van der Waals surface area contributed by atoms with E-state index in [9.17, 15) is 32.9 Å². The number of rotatable bonds is 8. The lowest BCUT2D eigenvalue weighted by Crippen LogP contribution is -2.27. The van der Waals surface area contributed by atoms with Crippen LogP contribution in [-0.2, 0) is 17.8 Å². The Morgan fingerprint density at radius 2 is 1.82 bits per heavy atom. The second-order valence-corrected chi connectivity index (χ2v) is 8.22. The van der Waals surface area contributed by atoms with Crippen LogP contribution in [0, 0.1) is 10.1 Å². The zero-order valence-corrected chi connectivity index (χ0v) is 20.2. The van der Waals surface area contributed by atoms with E-state index in [0.29, 0.717) is 10.6 Å². The fraction of sp³-hybridized carbons (Fsp3) is 0.227. The maximum Gasteiger partial charge on any atom is 0.390 e. The van der Waals surface area contributed by atoms with Gasteiger partial charge in [-0.05, 0) is 30.3 Å². The molecule has 0 aliphatic heterocycles. The Morgan fingerprint density at radius 1 is 1.13 bits per heavy atom. The summed E-state index contributed by atoms with van der Waals surface area (Å²) in [5.41, 5.74) is -1.03. The summed E-state index contributed by atoms with van der Waals surface area (Å²) in [6.07, 6.45) is -5.81. The van der Waals surface area contributed by atoms with Crippen LogP contribution in [0.4, 0.5) is 18.9 Å². The maximum atomic E-state index is 13.1. The molecular weight excluding hydrogens is 535 g/mol. The molecule has 2 aromatic heterocycles. The molecule has 0 fully saturated rings. The van der Waals surface area contributed by atoms with Crippen molar-refractivity contribution in [1.82, 2.24) is 29.1 Å². The molecule has 0 radical (unpaired) electrons. The Hall–Kier alpha value is -4.53. The highest BCUT2D eigenvalue weighted by atomic mass is 35.5. The zero-order valence-electron chi connectivity index (χ0n) is 19.4. The second kappa shape index (κ2) is 10.5. The number of carbonyl (C=O) groups excluding carboxylic acids is 1. The van der Waals surface area contributed by atoms with Crippen molar-refractivity contribution in [2.24, 2.45) is 0 Å². The number of nitro groups is 1. The summed E-state index contributed by atoms with van der Waals surface area (Å²) in [7, 11) is 1.08. The molecule has 0 amide bonds. The van der Waals surface area contributed by atoms with E-state index in [1.807, 2.05) is 0 Å². The van der Waals surface area contributed by atoms with Crippen LogP contribution in [-0.4, -0.2) is 53.3 Å². The lowest BCUT2D eigenvalue weighted by atomic mass is 10.2. The number of carbonyl (C=O) groups is 1. The van der Waals surface area contributed by atoms with Crippen LogP contribution in [0.3, 0.4) is 0 Å². The van der Waals surface area contributed by atoms with Crippen LogP contribution in [0.1, 0.15) is 22.9 Å². The normalized spacial score (nSPS) is 11.5. The molecule has 0 aliphatic rings. The molecule has 4 rings (SSSR count). The molecule has 4 aromatic rings. The standard InChI is InChI=1S/C22H17ClF3N7O5/c1-38-20(34)19-27-17(28-32(19)15-4-2-3-5-16(15)33(36)37)12-31-21(35)30(11-10-22(24,25)26)18(29-31)13-6-8-14(23)9-7-13/h2-9H,10-12H2,1H3. The summed E-state index contributed by atoms with van der Waals surface area (Å²) in [6.45, 7) is -1.16. The van der Waals surface area contributed by atoms with Gasteiger partial charge in [0.25, 0.3) is 5.69 Å². The smallest absolute Gasteiger partial charge is 0.390 e. The Labute approximate surface area is 216 Å². The highest BCUT2D eigenvalue weighted by Crippen LogP contribution is 2.25. The van der Waals surface area contributed by atoms with Gasteiger partial charge in [0.15, 0.2) is 11.6 Å². The van der Waals surface area contributed by atoms with Crippen LogP contribution in [0.5, 0.6) is 0 Å². The van der Waals surface area contributed by atoms with Gasteiger partial charge in [-0.15, -0.1) is 10.2 Å². The number of aromatic nitrogens is 6. The van der Waals surface area contributed by atoms with E-state index in [2.05, 4.69) is 15.2 Å². The Kier molecular flexibility index (Phi) is 7.30. The summed E-state index contributed by atoms with van der Waals surface area (Å²) in [6, 6.07) is 11.4. The van der Waals surface area contributed by atoms with Crippen molar-refractivity contribution in [3.8, 4) is 17.1 Å². The van der Waals surface area contributed by atoms with Gasteiger partial charge in [-0.2, -0.15) is 17.9 Å². The van der Waals surface area contributed by atoms with Gasteiger partial charge in [-0.25, -0.2) is 19.3 Å². The highest BCUT2D eigenvalue weighted by Gasteiger charge is 2.29. The fourth-order valence-electron chi connectivity index (χ4n) is 3.54. The largest absolute Gasteiger partial charge is 0.463 e. The molecule has 0 N–H and O–H groups in total. The van der Waals surface area contributed by atoms with Crippen molar-refractivity contribution in [2.45, 2.75) is 25.7 Å². The predicted octanol–water partition coefficient (Wildman–Crippen LogP) is 3.64. The summed E-state index contributed by atoms with van der Waals surface area (Å²) in [4.78, 5) is 40.3. The molecule has 2 aromatic carbocycles. The first-order chi connectivity index (χ1) is 18.0. The van der Waals surface area contributed by atoms with E-state index < -0.39 is 48.1 Å². The van der Waals surface area contributed by atoms with Crippen molar-refractivity contribution >= 4 is 23.3 Å². The molecule has 16 heteroatoms. The van der Waals surface area contributed by atoms with Crippen LogP contribution in [0.2, 0.25) is 5.02 Å². The number of halogens is 4. The summed E-state index contributed by atoms with van der Waals surface area (Å²) in [5, 5.41) is 20.2. The van der Waals surface area contributed by atoms with E-state index in [0.717, 1.165) is 21.0 Å². The third-order valence-corrected chi connectivity index (χ3v) is 5.51. The van der Waals surface area contributed by atoms with Gasteiger partial charge in [0.2, 0.25) is 5.82 Å². The molecule has 0 atom stereocenters. The minimum absolute atomic E-state index is 0.0535. The summed E-state index contributed by atoms with van der Waals surface area (Å²) >= 11 is 5.90. The van der Waals surface area contributed by atoms with Gasteiger partial charge in [0.1, 0.15) is 12.2 Å². The van der Waals surface area contributed by atoms with E-state index in [1.54, 1.807) is 0 Å². The molecule has 0 saturated carbocycles. The first-order valence-electron chi connectivity index (χ1n) is 10.8. The van der Waals surface area contributed by atoms with Gasteiger partial charge in [0, 0.05) is 23.2 Å². The number of esters is 1. The van der Waals surface area contributed by atoms with E-state index in [4.69, 9.17) is 16.3 Å². The molecular formula is C22H17ClF3N7O5. The molecule has 2 heterocycles. The molecule has 0 bridgehead atoms. The molecule has 12 nitrogen and oxygen atoms in total. The average molecular weight is 552 g/mol. The number of ether oxygens (including phenoxy) is 1. The Morgan fingerprint density at radius 3 is 2.45 bits per heavy atom. The van der Waals surface area contributed by atoms with Crippen LogP contribution >= 0.6 is 11.6 Å². The van der Waals surface area contributed by atoms with Crippen molar-refractivity contribution in [3.05, 3.63) is 85.8 Å². The van der Waals surface area contributed by atoms with Gasteiger partial charge in [-0.3, -0.25) is 14.7 Å². The lowest BCUT2D eigenvalue weighted by molar-refractivity contribution is -0.384. The number of nitro benzene ring substituents is 1. The van der Waals surface area contributed by atoms with Gasteiger partial charge in [0.05, 0.1) is 18.5 Å². The number of hydrogen-bond acceptors (Lipinski definition) is 8. The number of methoxy groups -OCH3 is 1. The van der Waals surface area contributed by atoms with E-state index >= 15 is 0 Å².